The van der Waals surface area contributed by atoms with Crippen molar-refractivity contribution in [1.82, 2.24) is 0 Å². The molecule has 0 aromatic rings. The van der Waals surface area contributed by atoms with Crippen LogP contribution in [0.25, 0.3) is 0 Å². The molecule has 0 amide bonds. The molecule has 2 N–H and O–H groups in total. The zero-order chi connectivity index (χ0) is 29.3. The van der Waals surface area contributed by atoms with Gasteiger partial charge in [-0.3, -0.25) is 14.4 Å². The number of carbonyl (C=O) groups is 3. The highest BCUT2D eigenvalue weighted by Gasteiger charge is 2.69. The summed E-state index contributed by atoms with van der Waals surface area (Å²) in [6, 6.07) is 0. The molecular formula is C30H48O9. The van der Waals surface area contributed by atoms with Crippen molar-refractivity contribution in [2.45, 2.75) is 135 Å². The summed E-state index contributed by atoms with van der Waals surface area (Å²) < 4.78 is 24.6. The molecule has 3 fully saturated rings. The summed E-state index contributed by atoms with van der Waals surface area (Å²) in [5.41, 5.74) is -2.21. The normalized spacial score (nSPS) is 40.2. The molecule has 3 rings (SSSR count). The number of carbonyl (C=O) groups excluding carboxylic acids is 3. The van der Waals surface area contributed by atoms with Crippen molar-refractivity contribution in [1.29, 1.82) is 0 Å². The highest BCUT2D eigenvalue weighted by atomic mass is 16.6. The molecular weight excluding hydrogens is 504 g/mol. The molecule has 2 heterocycles. The van der Waals surface area contributed by atoms with E-state index in [9.17, 15) is 24.6 Å². The van der Waals surface area contributed by atoms with Gasteiger partial charge in [0.15, 0.2) is 6.10 Å². The second-order valence-electron chi connectivity index (χ2n) is 12.4. The van der Waals surface area contributed by atoms with Crippen LogP contribution in [0.2, 0.25) is 0 Å². The maximum atomic E-state index is 12.8. The Bertz CT molecular complexity index is 927. The first-order valence-corrected chi connectivity index (χ1v) is 14.5. The Morgan fingerprint density at radius 3 is 2.28 bits per heavy atom. The molecule has 0 aromatic carbocycles. The summed E-state index contributed by atoms with van der Waals surface area (Å²) in [6.45, 7) is 16.6. The monoisotopic (exact) mass is 552 g/mol. The topological polar surface area (TPSA) is 129 Å². The third-order valence-electron chi connectivity index (χ3n) is 8.90. The molecule has 0 unspecified atom stereocenters. The van der Waals surface area contributed by atoms with Gasteiger partial charge in [-0.2, -0.15) is 0 Å². The summed E-state index contributed by atoms with van der Waals surface area (Å²) in [6.07, 6.45) is -1.55. The van der Waals surface area contributed by atoms with Gasteiger partial charge < -0.3 is 29.2 Å². The van der Waals surface area contributed by atoms with Gasteiger partial charge in [0.2, 0.25) is 0 Å². The largest absolute Gasteiger partial charge is 0.458 e. The first-order valence-electron chi connectivity index (χ1n) is 14.5. The SMILES string of the molecule is C=C1C[C@H]2O[C@H]([C@@H]3[C@@H](C(C)C)[C@H](OC(=O)CCC)[C@@H](OC(C)=O)[C@@](C)(O)[C@@H]32)[C@](C)(OC(=O)CCC)CC[C@@H]1O. The van der Waals surface area contributed by atoms with Crippen LogP contribution >= 0.6 is 0 Å². The fourth-order valence-corrected chi connectivity index (χ4v) is 7.21. The molecule has 39 heavy (non-hydrogen) atoms. The lowest BCUT2D eigenvalue weighted by atomic mass is 9.55. The molecule has 9 heteroatoms. The quantitative estimate of drug-likeness (QED) is 0.262. The van der Waals surface area contributed by atoms with Crippen LogP contribution in [0.1, 0.15) is 93.4 Å². The Morgan fingerprint density at radius 1 is 1.10 bits per heavy atom. The van der Waals surface area contributed by atoms with Crippen LogP contribution in [0.3, 0.4) is 0 Å². The summed E-state index contributed by atoms with van der Waals surface area (Å²) in [5, 5.41) is 23.1. The van der Waals surface area contributed by atoms with Crippen LogP contribution in [-0.2, 0) is 33.3 Å². The Hall–Kier alpha value is -1.97. The van der Waals surface area contributed by atoms with Gasteiger partial charge in [0.25, 0.3) is 0 Å². The molecule has 9 nitrogen and oxygen atoms in total. The number of fused-ring (bicyclic) bond motifs is 5. The van der Waals surface area contributed by atoms with Crippen molar-refractivity contribution in [2.75, 3.05) is 0 Å². The van der Waals surface area contributed by atoms with E-state index in [1.165, 1.54) is 6.92 Å². The van der Waals surface area contributed by atoms with E-state index in [-0.39, 0.29) is 37.1 Å². The molecule has 2 saturated heterocycles. The van der Waals surface area contributed by atoms with E-state index in [0.29, 0.717) is 31.3 Å². The number of aliphatic hydroxyl groups is 2. The van der Waals surface area contributed by atoms with E-state index in [1.807, 2.05) is 34.6 Å². The second-order valence-corrected chi connectivity index (χ2v) is 12.4. The highest BCUT2D eigenvalue weighted by Crippen LogP contribution is 2.58. The van der Waals surface area contributed by atoms with Crippen molar-refractivity contribution in [3.8, 4) is 0 Å². The Morgan fingerprint density at radius 2 is 1.72 bits per heavy atom. The molecule has 222 valence electrons. The summed E-state index contributed by atoms with van der Waals surface area (Å²) in [4.78, 5) is 38.0. The average molecular weight is 553 g/mol. The first-order chi connectivity index (χ1) is 18.2. The maximum Gasteiger partial charge on any atom is 0.306 e. The molecule has 0 aromatic heterocycles. The van der Waals surface area contributed by atoms with E-state index in [1.54, 1.807) is 6.92 Å². The molecule has 3 aliphatic rings. The third kappa shape index (κ3) is 6.35. The number of esters is 3. The molecule has 0 radical (unpaired) electrons. The predicted octanol–water partition coefficient (Wildman–Crippen LogP) is 3.87. The van der Waals surface area contributed by atoms with Crippen LogP contribution in [-0.4, -0.2) is 69.8 Å². The van der Waals surface area contributed by atoms with Crippen LogP contribution in [0.15, 0.2) is 12.2 Å². The van der Waals surface area contributed by atoms with Gasteiger partial charge in [-0.05, 0) is 57.4 Å². The molecule has 1 aliphatic carbocycles. The van der Waals surface area contributed by atoms with Gasteiger partial charge in [0.1, 0.15) is 23.4 Å². The number of ether oxygens (including phenoxy) is 4. The van der Waals surface area contributed by atoms with Crippen molar-refractivity contribution in [3.05, 3.63) is 12.2 Å². The van der Waals surface area contributed by atoms with Gasteiger partial charge in [-0.15, -0.1) is 0 Å². The third-order valence-corrected chi connectivity index (χ3v) is 8.90. The van der Waals surface area contributed by atoms with E-state index < -0.39 is 65.5 Å². The fraction of sp³-hybridized carbons (Fsp3) is 0.833. The first kappa shape index (κ1) is 31.6. The van der Waals surface area contributed by atoms with E-state index in [2.05, 4.69) is 6.58 Å². The van der Waals surface area contributed by atoms with Gasteiger partial charge >= 0.3 is 17.9 Å². The molecule has 1 saturated carbocycles. The standard InChI is InChI=1S/C30H48O9/c1-9-11-21(33)38-26-23(16(3)4)24-25(30(8,35)28(26)36-18(6)31)20-15-17(5)19(32)13-14-29(7,27(24)37-20)39-22(34)12-10-2/h16,19-20,23-28,32,35H,5,9-15H2,1-4,6-8H3/t19-,20+,23+,24+,25+,26-,27+,28+,29+,30-/m0/s1. The number of hydrogen-bond donors (Lipinski definition) is 2. The van der Waals surface area contributed by atoms with Gasteiger partial charge in [-0.1, -0.05) is 34.3 Å². The number of rotatable bonds is 8. The lowest BCUT2D eigenvalue weighted by Gasteiger charge is -2.55. The summed E-state index contributed by atoms with van der Waals surface area (Å²) in [7, 11) is 0. The maximum absolute atomic E-state index is 12.8. The van der Waals surface area contributed by atoms with Crippen molar-refractivity contribution in [2.24, 2.45) is 23.7 Å². The summed E-state index contributed by atoms with van der Waals surface area (Å²) >= 11 is 0. The van der Waals surface area contributed by atoms with Crippen LogP contribution < -0.4 is 0 Å². The average Bonchev–Trinajstić information content (AvgIpc) is 3.21. The van der Waals surface area contributed by atoms with Gasteiger partial charge in [-0.25, -0.2) is 0 Å². The lowest BCUT2D eigenvalue weighted by Crippen LogP contribution is -2.68. The number of hydrogen-bond acceptors (Lipinski definition) is 9. The highest BCUT2D eigenvalue weighted by molar-refractivity contribution is 5.70. The molecule has 2 aliphatic heterocycles. The smallest absolute Gasteiger partial charge is 0.306 e. The van der Waals surface area contributed by atoms with E-state index in [4.69, 9.17) is 18.9 Å². The molecule has 0 spiro atoms. The van der Waals surface area contributed by atoms with Crippen molar-refractivity contribution in [3.63, 3.8) is 0 Å². The Balaban J connectivity index is 2.21. The Labute approximate surface area is 232 Å². The predicted molar refractivity (Wildman–Crippen MR) is 143 cm³/mol. The minimum absolute atomic E-state index is 0.0664. The van der Waals surface area contributed by atoms with Crippen molar-refractivity contribution >= 4 is 17.9 Å². The fourth-order valence-electron chi connectivity index (χ4n) is 7.21. The van der Waals surface area contributed by atoms with Crippen molar-refractivity contribution < 1.29 is 43.5 Å². The Kier molecular flexibility index (Phi) is 9.93. The number of aliphatic hydroxyl groups excluding tert-OH is 1. The van der Waals surface area contributed by atoms with E-state index >= 15 is 0 Å². The zero-order valence-corrected chi connectivity index (χ0v) is 24.6. The molecule has 2 bridgehead atoms. The molecule has 10 atom stereocenters. The minimum Gasteiger partial charge on any atom is -0.458 e. The zero-order valence-electron chi connectivity index (χ0n) is 24.6. The minimum atomic E-state index is -1.66. The van der Waals surface area contributed by atoms with Crippen LogP contribution in [0.5, 0.6) is 0 Å². The van der Waals surface area contributed by atoms with Crippen LogP contribution in [0.4, 0.5) is 0 Å². The van der Waals surface area contributed by atoms with E-state index in [0.717, 1.165) is 0 Å². The second kappa shape index (κ2) is 12.3. The lowest BCUT2D eigenvalue weighted by molar-refractivity contribution is -0.241. The van der Waals surface area contributed by atoms with Gasteiger partial charge in [0.05, 0.1) is 12.2 Å². The van der Waals surface area contributed by atoms with Gasteiger partial charge in [0, 0.05) is 37.5 Å². The summed E-state index contributed by atoms with van der Waals surface area (Å²) in [5.74, 6) is -2.81. The van der Waals surface area contributed by atoms with Crippen LogP contribution in [0, 0.1) is 23.7 Å².